The summed E-state index contributed by atoms with van der Waals surface area (Å²) < 4.78 is 80.4. The van der Waals surface area contributed by atoms with Crippen molar-refractivity contribution < 1.29 is 30.5 Å². The molecule has 0 saturated carbocycles. The van der Waals surface area contributed by atoms with Crippen LogP contribution in [0.15, 0.2) is 17.3 Å². The third-order valence-electron chi connectivity index (χ3n) is 3.05. The van der Waals surface area contributed by atoms with E-state index in [1.807, 2.05) is 0 Å². The normalized spacial score (nSPS) is 14.1. The average Bonchev–Trinajstić information content (AvgIpc) is 2.88. The molecule has 0 unspecified atom stereocenters. The Hall–Kier alpha value is -1.81. The summed E-state index contributed by atoms with van der Waals surface area (Å²) in [5.74, 6) is -8.42. The quantitative estimate of drug-likeness (QED) is 0.382. The number of nitrogens with zero attached hydrogens (tertiary/aromatic N) is 2. The Morgan fingerprint density at radius 3 is 1.96 bits per heavy atom. The lowest BCUT2D eigenvalue weighted by atomic mass is 10.2. The van der Waals surface area contributed by atoms with Gasteiger partial charge in [-0.05, 0) is 13.8 Å². The lowest BCUT2D eigenvalue weighted by Gasteiger charge is -2.14. The molecular formula is C13H16F4N2O3S. The van der Waals surface area contributed by atoms with Crippen molar-refractivity contribution in [3.63, 3.8) is 0 Å². The Bertz CT molecular complexity index is 693. The van der Waals surface area contributed by atoms with Gasteiger partial charge < -0.3 is 9.80 Å². The van der Waals surface area contributed by atoms with Crippen LogP contribution in [0, 0.1) is 30.2 Å². The molecule has 0 saturated heterocycles. The molecule has 1 aromatic rings. The van der Waals surface area contributed by atoms with Gasteiger partial charge in [-0.15, -0.1) is 0 Å². The van der Waals surface area contributed by atoms with Gasteiger partial charge in [-0.25, -0.2) is 17.6 Å². The molecule has 0 atom stereocenters. The van der Waals surface area contributed by atoms with E-state index in [9.17, 15) is 26.0 Å². The molecule has 1 heterocycles. The van der Waals surface area contributed by atoms with Crippen LogP contribution in [0.3, 0.4) is 0 Å². The topological polar surface area (TPSA) is 60.9 Å². The second kappa shape index (κ2) is 7.18. The first kappa shape index (κ1) is 19.2. The maximum atomic E-state index is 12.9. The highest BCUT2D eigenvalue weighted by Crippen LogP contribution is 2.26. The first-order valence-corrected chi connectivity index (χ1v) is 7.87. The largest absolute Gasteiger partial charge is 0.362 e. The number of halogens is 4. The highest BCUT2D eigenvalue weighted by atomic mass is 32.2. The van der Waals surface area contributed by atoms with Gasteiger partial charge in [-0.1, -0.05) is 0 Å². The van der Waals surface area contributed by atoms with Crippen LogP contribution in [0.4, 0.5) is 17.6 Å². The Kier molecular flexibility index (Phi) is 6.00. The minimum Gasteiger partial charge on any atom is -0.362 e. The van der Waals surface area contributed by atoms with E-state index in [-0.39, 0.29) is 0 Å². The van der Waals surface area contributed by atoms with Crippen LogP contribution >= 0.6 is 0 Å². The van der Waals surface area contributed by atoms with Gasteiger partial charge in [0.1, 0.15) is 4.90 Å². The molecule has 0 spiro atoms. The summed E-state index contributed by atoms with van der Waals surface area (Å²) >= 11 is 0. The van der Waals surface area contributed by atoms with Crippen LogP contribution in [-0.4, -0.2) is 43.0 Å². The van der Waals surface area contributed by atoms with Crippen LogP contribution in [0.2, 0.25) is 0 Å². The van der Waals surface area contributed by atoms with Gasteiger partial charge >= 0.3 is 0 Å². The van der Waals surface area contributed by atoms with Crippen molar-refractivity contribution in [3.05, 3.63) is 41.2 Å². The summed E-state index contributed by atoms with van der Waals surface area (Å²) in [6.45, 7) is 5.02. The molecule has 1 N–H and O–H groups in total. The number of hydrogen-bond acceptors (Lipinski definition) is 4. The maximum absolute atomic E-state index is 12.9. The third-order valence-corrected chi connectivity index (χ3v) is 4.05. The van der Waals surface area contributed by atoms with E-state index >= 15 is 0 Å². The van der Waals surface area contributed by atoms with Gasteiger partial charge in [0.05, 0.1) is 6.67 Å². The van der Waals surface area contributed by atoms with E-state index in [0.29, 0.717) is 6.92 Å². The predicted molar refractivity (Wildman–Crippen MR) is 75.0 cm³/mol. The molecular weight excluding hydrogens is 340 g/mol. The Morgan fingerprint density at radius 2 is 1.61 bits per heavy atom. The Balaban J connectivity index is 0.000000277. The van der Waals surface area contributed by atoms with Gasteiger partial charge in [-0.2, -0.15) is 8.42 Å². The number of rotatable bonds is 2. The zero-order chi connectivity index (χ0) is 17.9. The van der Waals surface area contributed by atoms with Gasteiger partial charge in [0.15, 0.2) is 23.3 Å². The molecule has 0 bridgehead atoms. The van der Waals surface area contributed by atoms with Gasteiger partial charge in [-0.3, -0.25) is 4.55 Å². The lowest BCUT2D eigenvalue weighted by Crippen LogP contribution is -2.21. The van der Waals surface area contributed by atoms with Crippen LogP contribution in [0.25, 0.3) is 0 Å². The van der Waals surface area contributed by atoms with E-state index < -0.39 is 43.8 Å². The maximum Gasteiger partial charge on any atom is 0.297 e. The van der Waals surface area contributed by atoms with Crippen molar-refractivity contribution in [3.8, 4) is 0 Å². The van der Waals surface area contributed by atoms with Crippen molar-refractivity contribution in [2.45, 2.75) is 18.7 Å². The fourth-order valence-electron chi connectivity index (χ4n) is 1.82. The molecule has 0 fully saturated rings. The Labute approximate surface area is 131 Å². The first-order chi connectivity index (χ1) is 10.5. The van der Waals surface area contributed by atoms with Crippen molar-refractivity contribution in [1.82, 2.24) is 9.80 Å². The molecule has 23 heavy (non-hydrogen) atoms. The van der Waals surface area contributed by atoms with E-state index in [1.165, 1.54) is 0 Å². The zero-order valence-electron chi connectivity index (χ0n) is 12.6. The molecule has 0 aromatic heterocycles. The summed E-state index contributed by atoms with van der Waals surface area (Å²) in [5.41, 5.74) is -1.02. The van der Waals surface area contributed by atoms with Crippen LogP contribution in [0.1, 0.15) is 12.5 Å². The highest BCUT2D eigenvalue weighted by molar-refractivity contribution is 7.85. The predicted octanol–water partition coefficient (Wildman–Crippen LogP) is 2.48. The molecule has 2 rings (SSSR count). The summed E-state index contributed by atoms with van der Waals surface area (Å²) in [5, 5.41) is 0. The SMILES string of the molecule is CCN1C=CN(C)C1.Cc1c(F)c(F)c(F)c(F)c1S(=O)(=O)O. The summed E-state index contributed by atoms with van der Waals surface area (Å²) in [6, 6.07) is 0. The second-order valence-electron chi connectivity index (χ2n) is 4.79. The van der Waals surface area contributed by atoms with Gasteiger partial charge in [0.2, 0.25) is 0 Å². The van der Waals surface area contributed by atoms with Crippen LogP contribution in [0.5, 0.6) is 0 Å². The summed E-state index contributed by atoms with van der Waals surface area (Å²) in [7, 11) is -3.07. The Morgan fingerprint density at radius 1 is 1.09 bits per heavy atom. The first-order valence-electron chi connectivity index (χ1n) is 6.43. The minimum atomic E-state index is -5.15. The fourth-order valence-corrected chi connectivity index (χ4v) is 2.61. The van der Waals surface area contributed by atoms with Crippen molar-refractivity contribution in [2.75, 3.05) is 20.3 Å². The average molecular weight is 356 g/mol. The van der Waals surface area contributed by atoms with Gasteiger partial charge in [0.25, 0.3) is 10.1 Å². The number of hydrogen-bond donors (Lipinski definition) is 1. The third kappa shape index (κ3) is 4.35. The smallest absolute Gasteiger partial charge is 0.297 e. The fraction of sp³-hybridized carbons (Fsp3) is 0.385. The zero-order valence-corrected chi connectivity index (χ0v) is 13.5. The monoisotopic (exact) mass is 356 g/mol. The van der Waals surface area contributed by atoms with Crippen molar-refractivity contribution in [1.29, 1.82) is 0 Å². The molecule has 130 valence electrons. The second-order valence-corrected chi connectivity index (χ2v) is 6.15. The van der Waals surface area contributed by atoms with E-state index in [4.69, 9.17) is 4.55 Å². The molecule has 0 amide bonds. The van der Waals surface area contributed by atoms with Gasteiger partial charge in [0, 0.05) is 31.6 Å². The number of benzene rings is 1. The summed E-state index contributed by atoms with van der Waals surface area (Å²) in [6.07, 6.45) is 4.20. The molecule has 5 nitrogen and oxygen atoms in total. The highest BCUT2D eigenvalue weighted by Gasteiger charge is 2.29. The van der Waals surface area contributed by atoms with E-state index in [2.05, 4.69) is 36.2 Å². The molecule has 0 radical (unpaired) electrons. The molecule has 10 heteroatoms. The standard InChI is InChI=1S/C7H4F4O3S.C6H12N2/c1-2-3(8)4(9)5(10)6(11)7(2)15(12,13)14;1-3-8-5-4-7(2)6-8/h1H3,(H,12,13,14);4-5H,3,6H2,1-2H3. The molecule has 1 aliphatic rings. The molecule has 0 aliphatic carbocycles. The van der Waals surface area contributed by atoms with E-state index in [1.54, 1.807) is 0 Å². The van der Waals surface area contributed by atoms with Crippen molar-refractivity contribution >= 4 is 10.1 Å². The van der Waals surface area contributed by atoms with E-state index in [0.717, 1.165) is 13.2 Å². The van der Waals surface area contributed by atoms with Crippen LogP contribution in [-0.2, 0) is 10.1 Å². The molecule has 1 aromatic carbocycles. The minimum absolute atomic E-state index is 0.698. The summed E-state index contributed by atoms with van der Waals surface area (Å²) in [4.78, 5) is 2.81. The van der Waals surface area contributed by atoms with Crippen LogP contribution < -0.4 is 0 Å². The molecule has 1 aliphatic heterocycles. The lowest BCUT2D eigenvalue weighted by molar-refractivity contribution is 0.308. The van der Waals surface area contributed by atoms with Crippen molar-refractivity contribution in [2.24, 2.45) is 0 Å².